The number of anilines is 1. The van der Waals surface area contributed by atoms with Gasteiger partial charge in [-0.3, -0.25) is 0 Å². The van der Waals surface area contributed by atoms with Crippen LogP contribution in [0.5, 0.6) is 0 Å². The molecule has 1 aliphatic heterocycles. The van der Waals surface area contributed by atoms with Gasteiger partial charge in [-0.15, -0.1) is 0 Å². The zero-order chi connectivity index (χ0) is 19.2. The topological polar surface area (TPSA) is 53.5 Å². The first-order valence-electron chi connectivity index (χ1n) is 8.97. The number of hydrogen-bond acceptors (Lipinski definition) is 4. The highest BCUT2D eigenvalue weighted by atomic mass is 35.5. The van der Waals surface area contributed by atoms with Crippen LogP contribution in [0.1, 0.15) is 39.2 Å². The van der Waals surface area contributed by atoms with E-state index in [2.05, 4.69) is 42.8 Å². The van der Waals surface area contributed by atoms with E-state index in [1.165, 1.54) is 9.87 Å². The lowest BCUT2D eigenvalue weighted by Gasteiger charge is -2.51. The summed E-state index contributed by atoms with van der Waals surface area (Å²) in [5, 5.41) is 2.66. The number of sulfonamides is 1. The largest absolute Gasteiger partial charge is 0.365 e. The minimum atomic E-state index is -3.19. The van der Waals surface area contributed by atoms with Crippen molar-refractivity contribution in [3.05, 3.63) is 35.1 Å². The van der Waals surface area contributed by atoms with Crippen molar-refractivity contribution in [2.45, 2.75) is 45.7 Å². The van der Waals surface area contributed by atoms with Crippen molar-refractivity contribution >= 4 is 38.1 Å². The van der Waals surface area contributed by atoms with Crippen molar-refractivity contribution < 1.29 is 8.42 Å². The molecule has 1 fully saturated rings. The molecule has 0 amide bonds. The van der Waals surface area contributed by atoms with Crippen molar-refractivity contribution in [1.29, 1.82) is 0 Å². The summed E-state index contributed by atoms with van der Waals surface area (Å²) in [6.07, 6.45) is 1.82. The molecule has 26 heavy (non-hydrogen) atoms. The average Bonchev–Trinajstić information content (AvgIpc) is 2.59. The molecule has 1 saturated heterocycles. The van der Waals surface area contributed by atoms with E-state index in [0.29, 0.717) is 17.6 Å². The van der Waals surface area contributed by atoms with Gasteiger partial charge < -0.3 is 4.90 Å². The fraction of sp³-hybridized carbons (Fsp3) is 0.526. The normalized spacial score (nSPS) is 20.8. The predicted molar refractivity (Wildman–Crippen MR) is 109 cm³/mol. The van der Waals surface area contributed by atoms with Crippen molar-refractivity contribution in [2.24, 2.45) is 0 Å². The van der Waals surface area contributed by atoms with E-state index in [9.17, 15) is 8.42 Å². The molecule has 0 N–H and O–H groups in total. The first-order chi connectivity index (χ1) is 12.2. The van der Waals surface area contributed by atoms with Crippen LogP contribution in [0.15, 0.2) is 24.4 Å². The summed E-state index contributed by atoms with van der Waals surface area (Å²) in [6, 6.07) is 6.27. The molecular formula is C19H26ClN3O2S. The van der Waals surface area contributed by atoms with Crippen molar-refractivity contribution in [3.8, 4) is 0 Å². The first-order valence-corrected chi connectivity index (χ1v) is 11.0. The number of benzene rings is 1. The lowest BCUT2D eigenvalue weighted by molar-refractivity contribution is 0.250. The number of aromatic nitrogens is 1. The summed E-state index contributed by atoms with van der Waals surface area (Å²) in [5.74, 6) is 0.508. The Kier molecular flexibility index (Phi) is 5.21. The van der Waals surface area contributed by atoms with Gasteiger partial charge in [-0.25, -0.2) is 13.4 Å². The van der Waals surface area contributed by atoms with Crippen LogP contribution in [0.25, 0.3) is 10.8 Å². The number of hydrogen-bond donors (Lipinski definition) is 0. The molecule has 0 spiro atoms. The Morgan fingerprint density at radius 2 is 2.04 bits per heavy atom. The lowest BCUT2D eigenvalue weighted by Crippen LogP contribution is -2.66. The number of fused-ring (bicyclic) bond motifs is 1. The minimum absolute atomic E-state index is 0.0139. The van der Waals surface area contributed by atoms with Gasteiger partial charge in [0.25, 0.3) is 0 Å². The average molecular weight is 396 g/mol. The van der Waals surface area contributed by atoms with Gasteiger partial charge in [-0.1, -0.05) is 31.5 Å². The van der Waals surface area contributed by atoms with Crippen LogP contribution in [-0.4, -0.2) is 49.1 Å². The molecule has 2 heterocycles. The van der Waals surface area contributed by atoms with Gasteiger partial charge in [0.15, 0.2) is 0 Å². The standard InChI is InChI=1S/C19H26ClN3O2S/c1-6-26(24,25)22(5)18-11-23(13(18)4)17-8-7-14(12(2)3)15-9-19(20)21-10-16(15)17/h7-10,12-13,18H,6,11H2,1-5H3/t13-,18+/m1/s1. The van der Waals surface area contributed by atoms with Gasteiger partial charge in [-0.2, -0.15) is 4.31 Å². The molecule has 1 aromatic heterocycles. The molecule has 2 atom stereocenters. The van der Waals surface area contributed by atoms with E-state index in [4.69, 9.17) is 11.6 Å². The summed E-state index contributed by atoms with van der Waals surface area (Å²) in [6.45, 7) is 8.75. The van der Waals surface area contributed by atoms with Crippen LogP contribution >= 0.6 is 11.6 Å². The van der Waals surface area contributed by atoms with E-state index >= 15 is 0 Å². The molecule has 1 aromatic carbocycles. The quantitative estimate of drug-likeness (QED) is 0.721. The smallest absolute Gasteiger partial charge is 0.213 e. The van der Waals surface area contributed by atoms with Gasteiger partial charge in [-0.05, 0) is 42.8 Å². The SMILES string of the molecule is CCS(=O)(=O)N(C)[C@H]1CN(c2ccc(C(C)C)c3cc(Cl)ncc23)[C@@H]1C. The summed E-state index contributed by atoms with van der Waals surface area (Å²) in [7, 11) is -1.51. The number of rotatable bonds is 5. The fourth-order valence-corrected chi connectivity index (χ4v) is 4.93. The van der Waals surface area contributed by atoms with Crippen molar-refractivity contribution in [1.82, 2.24) is 9.29 Å². The Morgan fingerprint density at radius 3 is 2.62 bits per heavy atom. The number of nitrogens with zero attached hydrogens (tertiary/aromatic N) is 3. The maximum atomic E-state index is 12.2. The summed E-state index contributed by atoms with van der Waals surface area (Å²) >= 11 is 6.14. The first kappa shape index (κ1) is 19.4. The summed E-state index contributed by atoms with van der Waals surface area (Å²) in [5.41, 5.74) is 2.32. The Labute approximate surface area is 161 Å². The molecule has 7 heteroatoms. The maximum absolute atomic E-state index is 12.2. The van der Waals surface area contributed by atoms with Crippen LogP contribution in [0.2, 0.25) is 5.15 Å². The minimum Gasteiger partial charge on any atom is -0.365 e. The van der Waals surface area contributed by atoms with E-state index in [-0.39, 0.29) is 17.8 Å². The Hall–Kier alpha value is -1.37. The van der Waals surface area contributed by atoms with E-state index in [1.54, 1.807) is 14.0 Å². The third-order valence-electron chi connectivity index (χ3n) is 5.51. The summed E-state index contributed by atoms with van der Waals surface area (Å²) < 4.78 is 25.9. The molecule has 5 nitrogen and oxygen atoms in total. The highest BCUT2D eigenvalue weighted by molar-refractivity contribution is 7.89. The zero-order valence-electron chi connectivity index (χ0n) is 15.9. The van der Waals surface area contributed by atoms with Gasteiger partial charge in [0.05, 0.1) is 11.8 Å². The molecule has 142 valence electrons. The molecule has 2 aromatic rings. The van der Waals surface area contributed by atoms with Crippen LogP contribution < -0.4 is 4.90 Å². The summed E-state index contributed by atoms with van der Waals surface area (Å²) in [4.78, 5) is 6.52. The van der Waals surface area contributed by atoms with E-state index in [1.807, 2.05) is 12.3 Å². The Morgan fingerprint density at radius 1 is 1.35 bits per heavy atom. The number of halogens is 1. The molecule has 0 unspecified atom stereocenters. The lowest BCUT2D eigenvalue weighted by atomic mass is 9.92. The number of likely N-dealkylation sites (N-methyl/N-ethyl adjacent to an activating group) is 1. The molecule has 0 aliphatic carbocycles. The Bertz CT molecular complexity index is 930. The van der Waals surface area contributed by atoms with Gasteiger partial charge >= 0.3 is 0 Å². The molecule has 0 radical (unpaired) electrons. The second-order valence-corrected chi connectivity index (χ2v) is 9.96. The maximum Gasteiger partial charge on any atom is 0.213 e. The predicted octanol–water partition coefficient (Wildman–Crippen LogP) is 3.87. The molecule has 1 aliphatic rings. The van der Waals surface area contributed by atoms with Crippen LogP contribution in [0.4, 0.5) is 5.69 Å². The van der Waals surface area contributed by atoms with E-state index < -0.39 is 10.0 Å². The van der Waals surface area contributed by atoms with Crippen LogP contribution in [0.3, 0.4) is 0 Å². The van der Waals surface area contributed by atoms with E-state index in [0.717, 1.165) is 16.5 Å². The van der Waals surface area contributed by atoms with Gasteiger partial charge in [0.1, 0.15) is 5.15 Å². The monoisotopic (exact) mass is 395 g/mol. The third-order valence-corrected chi connectivity index (χ3v) is 7.60. The molecule has 0 bridgehead atoms. The fourth-order valence-electron chi connectivity index (χ4n) is 3.71. The van der Waals surface area contributed by atoms with Crippen LogP contribution in [0, 0.1) is 0 Å². The molecule has 3 rings (SSSR count). The van der Waals surface area contributed by atoms with Crippen molar-refractivity contribution in [3.63, 3.8) is 0 Å². The highest BCUT2D eigenvalue weighted by Gasteiger charge is 2.42. The Balaban J connectivity index is 1.97. The second-order valence-electron chi connectivity index (χ2n) is 7.26. The number of pyridine rings is 1. The molecular weight excluding hydrogens is 370 g/mol. The van der Waals surface area contributed by atoms with Crippen LogP contribution in [-0.2, 0) is 10.0 Å². The molecule has 0 saturated carbocycles. The van der Waals surface area contributed by atoms with Gasteiger partial charge in [0.2, 0.25) is 10.0 Å². The zero-order valence-corrected chi connectivity index (χ0v) is 17.5. The second kappa shape index (κ2) is 6.98. The van der Waals surface area contributed by atoms with Crippen molar-refractivity contribution in [2.75, 3.05) is 24.2 Å². The third kappa shape index (κ3) is 3.19. The van der Waals surface area contributed by atoms with Gasteiger partial charge in [0, 0.05) is 36.9 Å². The highest BCUT2D eigenvalue weighted by Crippen LogP contribution is 2.38.